The highest BCUT2D eigenvalue weighted by Crippen LogP contribution is 2.28. The van der Waals surface area contributed by atoms with Gasteiger partial charge in [0.25, 0.3) is 5.56 Å². The zero-order chi connectivity index (χ0) is 14.0. The molecule has 2 heterocycles. The zero-order valence-electron chi connectivity index (χ0n) is 8.95. The summed E-state index contributed by atoms with van der Waals surface area (Å²) < 4.78 is 39.2. The van der Waals surface area contributed by atoms with Crippen molar-refractivity contribution in [1.29, 1.82) is 5.26 Å². The number of aromatic nitrogens is 3. The molecule has 10 heteroatoms. The first-order valence-electron chi connectivity index (χ1n) is 4.69. The fraction of sp³-hybridized carbons (Fsp3) is 0.111. The van der Waals surface area contributed by atoms with Gasteiger partial charge in [-0.25, -0.2) is 9.97 Å². The second-order valence-corrected chi connectivity index (χ2v) is 4.08. The topological polar surface area (TPSA) is 94.5 Å². The predicted octanol–water partition coefficient (Wildman–Crippen LogP) is 1.86. The highest BCUT2D eigenvalue weighted by Gasteiger charge is 2.31. The molecule has 0 aliphatic carbocycles. The lowest BCUT2D eigenvalue weighted by Gasteiger charge is -2.06. The summed E-state index contributed by atoms with van der Waals surface area (Å²) in [6.07, 6.45) is -3.30. The molecule has 2 N–H and O–H groups in total. The highest BCUT2D eigenvalue weighted by molar-refractivity contribution is 7.10. The SMILES string of the molecule is N#Cc1c(Nc2ncc(C(F)(F)F)cn2)s[nH]c1=O. The third-order valence-electron chi connectivity index (χ3n) is 2.02. The number of aromatic amines is 1. The Morgan fingerprint density at radius 3 is 2.53 bits per heavy atom. The summed E-state index contributed by atoms with van der Waals surface area (Å²) in [7, 11) is 0. The molecule has 0 atom stereocenters. The third kappa shape index (κ3) is 2.71. The lowest BCUT2D eigenvalue weighted by atomic mass is 10.3. The van der Waals surface area contributed by atoms with Crippen molar-refractivity contribution in [3.05, 3.63) is 33.9 Å². The van der Waals surface area contributed by atoms with Crippen LogP contribution in [0.4, 0.5) is 24.1 Å². The minimum absolute atomic E-state index is 0.139. The van der Waals surface area contributed by atoms with Crippen molar-refractivity contribution >= 4 is 22.5 Å². The zero-order valence-corrected chi connectivity index (χ0v) is 9.76. The van der Waals surface area contributed by atoms with Gasteiger partial charge in [0.2, 0.25) is 5.95 Å². The van der Waals surface area contributed by atoms with E-state index >= 15 is 0 Å². The van der Waals surface area contributed by atoms with Gasteiger partial charge in [-0.15, -0.1) is 0 Å². The number of hydrogen-bond acceptors (Lipinski definition) is 6. The van der Waals surface area contributed by atoms with Crippen LogP contribution in [0.25, 0.3) is 0 Å². The van der Waals surface area contributed by atoms with Crippen molar-refractivity contribution in [2.45, 2.75) is 6.18 Å². The van der Waals surface area contributed by atoms with E-state index in [0.717, 1.165) is 11.5 Å². The van der Waals surface area contributed by atoms with E-state index in [1.165, 1.54) is 0 Å². The molecule has 2 aromatic heterocycles. The Morgan fingerprint density at radius 2 is 2.00 bits per heavy atom. The minimum Gasteiger partial charge on any atom is -0.313 e. The number of nitrogens with one attached hydrogen (secondary N) is 2. The molecule has 0 fully saturated rings. The quantitative estimate of drug-likeness (QED) is 0.879. The molecule has 0 saturated heterocycles. The Bertz CT molecular complexity index is 682. The van der Waals surface area contributed by atoms with Crippen LogP contribution in [0.15, 0.2) is 17.2 Å². The standard InChI is InChI=1S/C9H4F3N5OS/c10-9(11,12)4-2-14-8(15-3-4)16-7-5(1-13)6(18)17-19-7/h2-3H,(H,17,18)(H,14,15,16). The molecule has 0 bridgehead atoms. The van der Waals surface area contributed by atoms with Gasteiger partial charge in [0, 0.05) is 12.4 Å². The largest absolute Gasteiger partial charge is 0.419 e. The summed E-state index contributed by atoms with van der Waals surface area (Å²) in [4.78, 5) is 18.1. The number of nitriles is 1. The van der Waals surface area contributed by atoms with Gasteiger partial charge >= 0.3 is 6.18 Å². The number of nitrogens with zero attached hydrogens (tertiary/aromatic N) is 3. The summed E-state index contributed by atoms with van der Waals surface area (Å²) >= 11 is 0.832. The Kier molecular flexibility index (Phi) is 3.22. The van der Waals surface area contributed by atoms with E-state index in [2.05, 4.69) is 19.7 Å². The molecule has 2 rings (SSSR count). The van der Waals surface area contributed by atoms with Gasteiger partial charge in [-0.2, -0.15) is 18.4 Å². The van der Waals surface area contributed by atoms with Crippen LogP contribution in [0.1, 0.15) is 11.1 Å². The van der Waals surface area contributed by atoms with Crippen molar-refractivity contribution in [2.24, 2.45) is 0 Å². The summed E-state index contributed by atoms with van der Waals surface area (Å²) in [5, 5.41) is 11.4. The molecule has 0 spiro atoms. The van der Waals surface area contributed by atoms with E-state index < -0.39 is 17.3 Å². The van der Waals surface area contributed by atoms with Crippen LogP contribution in [0.5, 0.6) is 0 Å². The van der Waals surface area contributed by atoms with Crippen LogP contribution in [-0.4, -0.2) is 14.3 Å². The second-order valence-electron chi connectivity index (χ2n) is 3.27. The minimum atomic E-state index is -4.52. The molecular weight excluding hydrogens is 283 g/mol. The molecule has 0 radical (unpaired) electrons. The first-order chi connectivity index (χ1) is 8.91. The average Bonchev–Trinajstić information content (AvgIpc) is 2.69. The van der Waals surface area contributed by atoms with Crippen LogP contribution >= 0.6 is 11.5 Å². The third-order valence-corrected chi connectivity index (χ3v) is 2.81. The number of hydrogen-bond donors (Lipinski definition) is 2. The molecule has 0 unspecified atom stereocenters. The van der Waals surface area contributed by atoms with Crippen LogP contribution in [-0.2, 0) is 6.18 Å². The van der Waals surface area contributed by atoms with Gasteiger partial charge in [-0.1, -0.05) is 0 Å². The van der Waals surface area contributed by atoms with Gasteiger partial charge in [-0.3, -0.25) is 9.17 Å². The van der Waals surface area contributed by atoms with Crippen molar-refractivity contribution in [1.82, 2.24) is 14.3 Å². The molecule has 98 valence electrons. The maximum absolute atomic E-state index is 12.3. The number of halogens is 3. The van der Waals surface area contributed by atoms with Crippen LogP contribution < -0.4 is 10.9 Å². The molecule has 6 nitrogen and oxygen atoms in total. The van der Waals surface area contributed by atoms with E-state index in [1.54, 1.807) is 6.07 Å². The Labute approximate surface area is 107 Å². The van der Waals surface area contributed by atoms with Crippen molar-refractivity contribution in [3.63, 3.8) is 0 Å². The summed E-state index contributed by atoms with van der Waals surface area (Å²) in [5.41, 5.74) is -1.74. The monoisotopic (exact) mass is 287 g/mol. The van der Waals surface area contributed by atoms with Crippen molar-refractivity contribution < 1.29 is 13.2 Å². The molecule has 0 saturated carbocycles. The number of anilines is 2. The second kappa shape index (κ2) is 4.69. The van der Waals surface area contributed by atoms with Gasteiger partial charge in [0.15, 0.2) is 5.56 Å². The van der Waals surface area contributed by atoms with E-state index in [9.17, 15) is 18.0 Å². The van der Waals surface area contributed by atoms with Gasteiger partial charge < -0.3 is 5.32 Å². The van der Waals surface area contributed by atoms with E-state index in [4.69, 9.17) is 5.26 Å². The fourth-order valence-corrected chi connectivity index (χ4v) is 1.81. The molecule has 2 aromatic rings. The number of H-pyrrole nitrogens is 1. The maximum Gasteiger partial charge on any atom is 0.419 e. The van der Waals surface area contributed by atoms with E-state index in [1.807, 2.05) is 0 Å². The van der Waals surface area contributed by atoms with E-state index in [0.29, 0.717) is 12.4 Å². The number of rotatable bonds is 2. The maximum atomic E-state index is 12.3. The first kappa shape index (κ1) is 13.0. The van der Waals surface area contributed by atoms with Crippen molar-refractivity contribution in [2.75, 3.05) is 5.32 Å². The predicted molar refractivity (Wildman–Crippen MR) is 60.0 cm³/mol. The Balaban J connectivity index is 2.25. The number of alkyl halides is 3. The van der Waals surface area contributed by atoms with Crippen LogP contribution in [0.2, 0.25) is 0 Å². The summed E-state index contributed by atoms with van der Waals surface area (Å²) in [6, 6.07) is 1.67. The summed E-state index contributed by atoms with van der Waals surface area (Å²) in [6.45, 7) is 0. The Morgan fingerprint density at radius 1 is 1.37 bits per heavy atom. The van der Waals surface area contributed by atoms with E-state index in [-0.39, 0.29) is 16.5 Å². The Hall–Kier alpha value is -2.41. The average molecular weight is 287 g/mol. The molecule has 19 heavy (non-hydrogen) atoms. The lowest BCUT2D eigenvalue weighted by Crippen LogP contribution is -2.08. The smallest absolute Gasteiger partial charge is 0.313 e. The molecule has 0 aromatic carbocycles. The highest BCUT2D eigenvalue weighted by atomic mass is 32.1. The summed E-state index contributed by atoms with van der Waals surface area (Å²) in [5.74, 6) is -0.139. The fourth-order valence-electron chi connectivity index (χ4n) is 1.13. The lowest BCUT2D eigenvalue weighted by molar-refractivity contribution is -0.138. The molecule has 0 amide bonds. The van der Waals surface area contributed by atoms with Gasteiger partial charge in [-0.05, 0) is 11.5 Å². The van der Waals surface area contributed by atoms with Gasteiger partial charge in [0.1, 0.15) is 11.1 Å². The van der Waals surface area contributed by atoms with Crippen LogP contribution in [0.3, 0.4) is 0 Å². The van der Waals surface area contributed by atoms with Crippen molar-refractivity contribution in [3.8, 4) is 6.07 Å². The first-order valence-corrected chi connectivity index (χ1v) is 5.51. The van der Waals surface area contributed by atoms with Crippen LogP contribution in [0, 0.1) is 11.3 Å². The van der Waals surface area contributed by atoms with Gasteiger partial charge in [0.05, 0.1) is 5.56 Å². The molecule has 0 aliphatic heterocycles. The molecule has 0 aliphatic rings. The normalized spacial score (nSPS) is 11.1. The molecular formula is C9H4F3N5OS.